The van der Waals surface area contributed by atoms with E-state index in [1.165, 1.54) is 12.1 Å². The summed E-state index contributed by atoms with van der Waals surface area (Å²) in [5, 5.41) is 0. The zero-order valence-electron chi connectivity index (χ0n) is 13.2. The fourth-order valence-corrected chi connectivity index (χ4v) is 2.94. The highest BCUT2D eigenvalue weighted by molar-refractivity contribution is 5.95. The summed E-state index contributed by atoms with van der Waals surface area (Å²) in [4.78, 5) is 16.9. The van der Waals surface area contributed by atoms with E-state index in [0.29, 0.717) is 24.1 Å². The average Bonchev–Trinajstić information content (AvgIpc) is 2.45. The highest BCUT2D eigenvalue weighted by Gasteiger charge is 2.25. The van der Waals surface area contributed by atoms with Crippen LogP contribution in [0, 0.1) is 5.82 Å². The monoisotopic (exact) mass is 292 g/mol. The molecule has 0 spiro atoms. The third kappa shape index (κ3) is 4.35. The maximum Gasteiger partial charge on any atom is 0.162 e. The first-order valence-electron chi connectivity index (χ1n) is 7.70. The lowest BCUT2D eigenvalue weighted by Crippen LogP contribution is -2.54. The lowest BCUT2D eigenvalue weighted by molar-refractivity contribution is 0.0587. The molecule has 0 bridgehead atoms. The number of ketones is 1. The van der Waals surface area contributed by atoms with E-state index in [2.05, 4.69) is 30.7 Å². The molecule has 0 aromatic heterocycles. The summed E-state index contributed by atoms with van der Waals surface area (Å²) in [5.74, 6) is -0.197. The molecule has 1 aliphatic heterocycles. The smallest absolute Gasteiger partial charge is 0.162 e. The van der Waals surface area contributed by atoms with Crippen molar-refractivity contribution in [3.05, 3.63) is 35.6 Å². The molecule has 0 amide bonds. The number of halogens is 1. The van der Waals surface area contributed by atoms with Gasteiger partial charge in [-0.3, -0.25) is 9.69 Å². The summed E-state index contributed by atoms with van der Waals surface area (Å²) < 4.78 is 12.8. The van der Waals surface area contributed by atoms with Gasteiger partial charge in [-0.1, -0.05) is 0 Å². The van der Waals surface area contributed by atoms with Gasteiger partial charge in [-0.05, 0) is 58.1 Å². The third-order valence-electron chi connectivity index (χ3n) is 4.48. The van der Waals surface area contributed by atoms with Gasteiger partial charge in [0, 0.05) is 37.2 Å². The second-order valence-corrected chi connectivity index (χ2v) is 6.16. The first-order valence-corrected chi connectivity index (χ1v) is 7.70. The van der Waals surface area contributed by atoms with Crippen LogP contribution in [0.15, 0.2) is 24.3 Å². The van der Waals surface area contributed by atoms with Crippen molar-refractivity contribution in [1.82, 2.24) is 9.80 Å². The Balaban J connectivity index is 1.76. The Morgan fingerprint density at radius 2 is 1.76 bits per heavy atom. The highest BCUT2D eigenvalue weighted by Crippen LogP contribution is 2.14. The Bertz CT molecular complexity index is 462. The van der Waals surface area contributed by atoms with E-state index in [0.717, 1.165) is 26.1 Å². The summed E-state index contributed by atoms with van der Waals surface area (Å²) in [5.41, 5.74) is 0.608. The van der Waals surface area contributed by atoms with Gasteiger partial charge in [0.25, 0.3) is 0 Å². The van der Waals surface area contributed by atoms with E-state index in [1.54, 1.807) is 12.1 Å². The first-order chi connectivity index (χ1) is 9.97. The van der Waals surface area contributed by atoms with E-state index >= 15 is 0 Å². The normalized spacial score (nSPS) is 24.2. The van der Waals surface area contributed by atoms with Gasteiger partial charge in [0.2, 0.25) is 0 Å². The molecule has 2 rings (SSSR count). The standard InChI is InChI=1S/C17H25FN2O/c1-13-11-20(12-14(2)19(13)3)10-4-5-17(21)15-6-8-16(18)9-7-15/h6-9,13-14H,4-5,10-12H2,1-3H3. The predicted octanol–water partition coefficient (Wildman–Crippen LogP) is 2.81. The van der Waals surface area contributed by atoms with Crippen LogP contribution < -0.4 is 0 Å². The molecular formula is C17H25FN2O. The lowest BCUT2D eigenvalue weighted by atomic mass is 10.1. The van der Waals surface area contributed by atoms with Crippen LogP contribution >= 0.6 is 0 Å². The third-order valence-corrected chi connectivity index (χ3v) is 4.48. The fourth-order valence-electron chi connectivity index (χ4n) is 2.94. The predicted molar refractivity (Wildman–Crippen MR) is 83.1 cm³/mol. The number of hydrogen-bond acceptors (Lipinski definition) is 3. The van der Waals surface area contributed by atoms with Gasteiger partial charge >= 0.3 is 0 Å². The SMILES string of the molecule is CC1CN(CCCC(=O)c2ccc(F)cc2)CC(C)N1C. The molecule has 0 radical (unpaired) electrons. The quantitative estimate of drug-likeness (QED) is 0.780. The largest absolute Gasteiger partial charge is 0.300 e. The molecule has 0 saturated carbocycles. The minimum atomic E-state index is -0.299. The van der Waals surface area contributed by atoms with Gasteiger partial charge in [-0.2, -0.15) is 0 Å². The molecule has 1 saturated heterocycles. The Morgan fingerprint density at radius 3 is 2.33 bits per heavy atom. The zero-order valence-corrected chi connectivity index (χ0v) is 13.2. The van der Waals surface area contributed by atoms with Gasteiger partial charge in [0.1, 0.15) is 5.82 Å². The molecule has 1 aromatic rings. The minimum absolute atomic E-state index is 0.102. The second kappa shape index (κ2) is 7.14. The summed E-state index contributed by atoms with van der Waals surface area (Å²) >= 11 is 0. The Labute approximate surface area is 126 Å². The Kier molecular flexibility index (Phi) is 5.48. The number of Topliss-reactive ketones (excluding diaryl/α,β-unsaturated/α-hetero) is 1. The van der Waals surface area contributed by atoms with Gasteiger partial charge in [0.15, 0.2) is 5.78 Å². The van der Waals surface area contributed by atoms with Crippen LogP contribution in [0.1, 0.15) is 37.0 Å². The van der Waals surface area contributed by atoms with Crippen molar-refractivity contribution in [2.24, 2.45) is 0 Å². The molecule has 21 heavy (non-hydrogen) atoms. The number of carbonyl (C=O) groups excluding carboxylic acids is 1. The number of rotatable bonds is 5. The van der Waals surface area contributed by atoms with E-state index < -0.39 is 0 Å². The molecule has 2 unspecified atom stereocenters. The number of carbonyl (C=O) groups is 1. The number of piperazine rings is 1. The molecule has 1 aliphatic rings. The average molecular weight is 292 g/mol. The van der Waals surface area contributed by atoms with Gasteiger partial charge in [0.05, 0.1) is 0 Å². The van der Waals surface area contributed by atoms with Crippen molar-refractivity contribution in [2.45, 2.75) is 38.8 Å². The van der Waals surface area contributed by atoms with Gasteiger partial charge < -0.3 is 4.90 Å². The molecular weight excluding hydrogens is 267 g/mol. The van der Waals surface area contributed by atoms with E-state index in [9.17, 15) is 9.18 Å². The second-order valence-electron chi connectivity index (χ2n) is 6.16. The van der Waals surface area contributed by atoms with Crippen molar-refractivity contribution < 1.29 is 9.18 Å². The van der Waals surface area contributed by atoms with Crippen LogP contribution in [0.2, 0.25) is 0 Å². The number of likely N-dealkylation sites (N-methyl/N-ethyl adjacent to an activating group) is 1. The van der Waals surface area contributed by atoms with Crippen LogP contribution in [-0.4, -0.2) is 54.3 Å². The molecule has 1 fully saturated rings. The molecule has 2 atom stereocenters. The molecule has 4 heteroatoms. The molecule has 1 heterocycles. The molecule has 3 nitrogen and oxygen atoms in total. The maximum absolute atomic E-state index is 12.8. The fraction of sp³-hybridized carbons (Fsp3) is 0.588. The maximum atomic E-state index is 12.8. The number of hydrogen-bond donors (Lipinski definition) is 0. The minimum Gasteiger partial charge on any atom is -0.300 e. The van der Waals surface area contributed by atoms with E-state index in [4.69, 9.17) is 0 Å². The van der Waals surface area contributed by atoms with Gasteiger partial charge in [-0.15, -0.1) is 0 Å². The van der Waals surface area contributed by atoms with Crippen LogP contribution in [0.25, 0.3) is 0 Å². The Hall–Kier alpha value is -1.26. The van der Waals surface area contributed by atoms with Crippen molar-refractivity contribution in [3.8, 4) is 0 Å². The van der Waals surface area contributed by atoms with Gasteiger partial charge in [-0.25, -0.2) is 4.39 Å². The van der Waals surface area contributed by atoms with Crippen LogP contribution in [0.3, 0.4) is 0 Å². The summed E-state index contributed by atoms with van der Waals surface area (Å²) in [6, 6.07) is 6.94. The molecule has 116 valence electrons. The topological polar surface area (TPSA) is 23.6 Å². The summed E-state index contributed by atoms with van der Waals surface area (Å²) in [6.07, 6.45) is 1.39. The Morgan fingerprint density at radius 1 is 1.19 bits per heavy atom. The number of nitrogens with zero attached hydrogens (tertiary/aromatic N) is 2. The number of benzene rings is 1. The van der Waals surface area contributed by atoms with Crippen molar-refractivity contribution in [3.63, 3.8) is 0 Å². The van der Waals surface area contributed by atoms with Crippen LogP contribution in [0.5, 0.6) is 0 Å². The summed E-state index contributed by atoms with van der Waals surface area (Å²) in [7, 11) is 2.17. The van der Waals surface area contributed by atoms with E-state index in [1.807, 2.05) is 0 Å². The van der Waals surface area contributed by atoms with E-state index in [-0.39, 0.29) is 11.6 Å². The van der Waals surface area contributed by atoms with Crippen molar-refractivity contribution in [1.29, 1.82) is 0 Å². The first kappa shape index (κ1) is 16.1. The van der Waals surface area contributed by atoms with Crippen molar-refractivity contribution in [2.75, 3.05) is 26.7 Å². The zero-order chi connectivity index (χ0) is 15.4. The molecule has 1 aromatic carbocycles. The van der Waals surface area contributed by atoms with Crippen LogP contribution in [-0.2, 0) is 0 Å². The summed E-state index contributed by atoms with van der Waals surface area (Å²) in [6.45, 7) is 7.56. The van der Waals surface area contributed by atoms with Crippen molar-refractivity contribution >= 4 is 5.78 Å². The lowest BCUT2D eigenvalue weighted by Gasteiger charge is -2.42. The molecule has 0 N–H and O–H groups in total. The van der Waals surface area contributed by atoms with Crippen LogP contribution in [0.4, 0.5) is 4.39 Å². The highest BCUT2D eigenvalue weighted by atomic mass is 19.1. The molecule has 0 aliphatic carbocycles.